The van der Waals surface area contributed by atoms with Gasteiger partial charge in [-0.2, -0.15) is 0 Å². The van der Waals surface area contributed by atoms with Gasteiger partial charge in [0.15, 0.2) is 0 Å². The summed E-state index contributed by atoms with van der Waals surface area (Å²) in [6, 6.07) is 2.71. The molecule has 0 saturated heterocycles. The van der Waals surface area contributed by atoms with Gasteiger partial charge in [-0.3, -0.25) is 10.1 Å². The lowest BCUT2D eigenvalue weighted by Crippen LogP contribution is -2.40. The zero-order chi connectivity index (χ0) is 14.2. The molecule has 102 valence electrons. The molecule has 1 heterocycles. The highest BCUT2D eigenvalue weighted by Gasteiger charge is 2.24. The zero-order valence-corrected chi connectivity index (χ0v) is 11.0. The molecule has 2 rings (SSSR count). The fourth-order valence-electron chi connectivity index (χ4n) is 2.01. The van der Waals surface area contributed by atoms with Crippen molar-refractivity contribution in [1.82, 2.24) is 10.3 Å². The number of aromatic nitrogens is 2. The number of hydrogen-bond donors (Lipinski definition) is 1. The van der Waals surface area contributed by atoms with E-state index in [-0.39, 0.29) is 17.2 Å². The fraction of sp³-hybridized carbons (Fsp3) is 0.455. The van der Waals surface area contributed by atoms with Crippen LogP contribution in [0.5, 0.6) is 0 Å². The molecule has 0 amide bonds. The van der Waals surface area contributed by atoms with Gasteiger partial charge < -0.3 is 10.2 Å². The van der Waals surface area contributed by atoms with Crippen molar-refractivity contribution in [2.24, 2.45) is 5.73 Å². The lowest BCUT2D eigenvalue weighted by molar-refractivity contribution is -0.871. The number of quaternary nitrogens is 1. The summed E-state index contributed by atoms with van der Waals surface area (Å²) in [6.45, 7) is 0.666. The number of nitro groups is 1. The van der Waals surface area contributed by atoms with E-state index in [0.717, 1.165) is 0 Å². The maximum Gasteiger partial charge on any atom is 0.300 e. The maximum atomic E-state index is 10.9. The van der Waals surface area contributed by atoms with Gasteiger partial charge in [0.1, 0.15) is 5.52 Å². The van der Waals surface area contributed by atoms with Gasteiger partial charge in [0, 0.05) is 11.6 Å². The molecule has 8 heteroatoms. The number of rotatable bonds is 4. The van der Waals surface area contributed by atoms with Crippen LogP contribution in [0.1, 0.15) is 11.6 Å². The summed E-state index contributed by atoms with van der Waals surface area (Å²) in [7, 11) is 6.05. The topological polar surface area (TPSA) is 108 Å². The molecule has 0 radical (unpaired) electrons. The summed E-state index contributed by atoms with van der Waals surface area (Å²) in [5, 5.41) is 18.2. The Balaban J connectivity index is 2.49. The lowest BCUT2D eigenvalue weighted by atomic mass is 10.0. The normalized spacial score (nSPS) is 13.7. The number of likely N-dealkylation sites (N-methyl/N-ethyl adjacent to an activating group) is 1. The van der Waals surface area contributed by atoms with E-state index in [1.54, 1.807) is 6.07 Å². The Hall–Kier alpha value is -2.06. The fourth-order valence-corrected chi connectivity index (χ4v) is 2.01. The van der Waals surface area contributed by atoms with Gasteiger partial charge in [0.05, 0.1) is 38.7 Å². The van der Waals surface area contributed by atoms with Crippen molar-refractivity contribution < 1.29 is 14.0 Å². The highest BCUT2D eigenvalue weighted by atomic mass is 16.6. The SMILES string of the molecule is C[N+](C)(C)CC(N)c1ccc([N+](=O)[O-])c2nonc12. The van der Waals surface area contributed by atoms with Gasteiger partial charge >= 0.3 is 5.69 Å². The minimum Gasteiger partial charge on any atom is -0.329 e. The van der Waals surface area contributed by atoms with Crippen LogP contribution in [-0.4, -0.2) is 47.4 Å². The van der Waals surface area contributed by atoms with E-state index in [2.05, 4.69) is 14.9 Å². The number of nitrogens with zero attached hydrogens (tertiary/aromatic N) is 4. The van der Waals surface area contributed by atoms with Crippen molar-refractivity contribution in [2.75, 3.05) is 27.7 Å². The van der Waals surface area contributed by atoms with Crippen molar-refractivity contribution in [3.63, 3.8) is 0 Å². The second-order valence-corrected chi connectivity index (χ2v) is 5.47. The Morgan fingerprint density at radius 1 is 1.37 bits per heavy atom. The maximum absolute atomic E-state index is 10.9. The number of fused-ring (bicyclic) bond motifs is 1. The molecule has 0 bridgehead atoms. The zero-order valence-electron chi connectivity index (χ0n) is 11.0. The summed E-state index contributed by atoms with van der Waals surface area (Å²) in [4.78, 5) is 10.4. The summed E-state index contributed by atoms with van der Waals surface area (Å²) >= 11 is 0. The minimum absolute atomic E-state index is 0.127. The molecule has 0 aliphatic carbocycles. The number of nitrogens with two attached hydrogens (primary N) is 1. The lowest BCUT2D eigenvalue weighted by Gasteiger charge is -2.27. The molecular formula is C11H16N5O3+. The standard InChI is InChI=1S/C11H16N5O3/c1-16(2,3)6-8(12)7-4-5-9(15(17)18)11-10(7)13-19-14-11/h4-5,8H,6,12H2,1-3H3/q+1. The molecule has 2 N–H and O–H groups in total. The van der Waals surface area contributed by atoms with Gasteiger partial charge in [-0.1, -0.05) is 0 Å². The Morgan fingerprint density at radius 3 is 2.58 bits per heavy atom. The Labute approximate surface area is 109 Å². The quantitative estimate of drug-likeness (QED) is 0.499. The van der Waals surface area contributed by atoms with E-state index in [9.17, 15) is 10.1 Å². The monoisotopic (exact) mass is 266 g/mol. The number of benzene rings is 1. The number of hydrogen-bond acceptors (Lipinski definition) is 6. The smallest absolute Gasteiger partial charge is 0.300 e. The Bertz CT molecular complexity index is 616. The van der Waals surface area contributed by atoms with Crippen LogP contribution in [0, 0.1) is 10.1 Å². The molecule has 8 nitrogen and oxygen atoms in total. The number of non-ortho nitro benzene ring substituents is 1. The van der Waals surface area contributed by atoms with E-state index in [4.69, 9.17) is 5.73 Å². The van der Waals surface area contributed by atoms with Gasteiger partial charge in [-0.15, -0.1) is 0 Å². The van der Waals surface area contributed by atoms with Crippen LogP contribution < -0.4 is 5.73 Å². The summed E-state index contributed by atoms with van der Waals surface area (Å²) in [5.74, 6) is 0. The van der Waals surface area contributed by atoms with Crippen LogP contribution in [0.15, 0.2) is 16.8 Å². The molecule has 0 fully saturated rings. The van der Waals surface area contributed by atoms with Gasteiger partial charge in [-0.25, -0.2) is 4.63 Å². The number of nitro benzene ring substituents is 1. The first-order valence-electron chi connectivity index (χ1n) is 5.75. The van der Waals surface area contributed by atoms with Crippen molar-refractivity contribution >= 4 is 16.7 Å². The minimum atomic E-state index is -0.512. The van der Waals surface area contributed by atoms with E-state index >= 15 is 0 Å². The first-order chi connectivity index (χ1) is 8.79. The van der Waals surface area contributed by atoms with Gasteiger partial charge in [-0.05, 0) is 16.4 Å². The van der Waals surface area contributed by atoms with Crippen molar-refractivity contribution in [1.29, 1.82) is 0 Å². The van der Waals surface area contributed by atoms with Crippen LogP contribution in [0.3, 0.4) is 0 Å². The van der Waals surface area contributed by atoms with Crippen molar-refractivity contribution in [3.8, 4) is 0 Å². The molecule has 0 aliphatic rings. The summed E-state index contributed by atoms with van der Waals surface area (Å²) in [6.07, 6.45) is 0. The average molecular weight is 266 g/mol. The molecule has 2 aromatic rings. The van der Waals surface area contributed by atoms with Crippen LogP contribution in [-0.2, 0) is 0 Å². The molecular weight excluding hydrogens is 250 g/mol. The third-order valence-electron chi connectivity index (χ3n) is 2.77. The van der Waals surface area contributed by atoms with Crippen molar-refractivity contribution in [2.45, 2.75) is 6.04 Å². The highest BCUT2D eigenvalue weighted by Crippen LogP contribution is 2.28. The van der Waals surface area contributed by atoms with Crippen LogP contribution in [0.25, 0.3) is 11.0 Å². The predicted molar refractivity (Wildman–Crippen MR) is 68.3 cm³/mol. The Kier molecular flexibility index (Phi) is 3.21. The predicted octanol–water partition coefficient (Wildman–Crippen LogP) is 0.837. The molecule has 1 aromatic heterocycles. The van der Waals surface area contributed by atoms with Crippen LogP contribution in [0.4, 0.5) is 5.69 Å². The van der Waals surface area contributed by atoms with Gasteiger partial charge in [0.25, 0.3) is 0 Å². The van der Waals surface area contributed by atoms with E-state index in [0.29, 0.717) is 22.1 Å². The third kappa shape index (κ3) is 2.69. The first kappa shape index (κ1) is 13.4. The molecule has 0 saturated carbocycles. The molecule has 1 aromatic carbocycles. The largest absolute Gasteiger partial charge is 0.329 e. The summed E-state index contributed by atoms with van der Waals surface area (Å²) in [5.41, 5.74) is 7.21. The van der Waals surface area contributed by atoms with E-state index in [1.165, 1.54) is 6.07 Å². The third-order valence-corrected chi connectivity index (χ3v) is 2.77. The molecule has 0 spiro atoms. The van der Waals surface area contributed by atoms with Crippen molar-refractivity contribution in [3.05, 3.63) is 27.8 Å². The van der Waals surface area contributed by atoms with Crippen LogP contribution in [0.2, 0.25) is 0 Å². The molecule has 0 aliphatic heterocycles. The summed E-state index contributed by atoms with van der Waals surface area (Å²) < 4.78 is 5.28. The average Bonchev–Trinajstić information content (AvgIpc) is 2.73. The second kappa shape index (κ2) is 4.56. The molecule has 1 unspecified atom stereocenters. The highest BCUT2D eigenvalue weighted by molar-refractivity contribution is 5.86. The first-order valence-corrected chi connectivity index (χ1v) is 5.75. The van der Waals surface area contributed by atoms with E-state index < -0.39 is 4.92 Å². The van der Waals surface area contributed by atoms with E-state index in [1.807, 2.05) is 21.1 Å². The Morgan fingerprint density at radius 2 is 2.00 bits per heavy atom. The molecule has 19 heavy (non-hydrogen) atoms. The molecule has 1 atom stereocenters. The van der Waals surface area contributed by atoms with Crippen LogP contribution >= 0.6 is 0 Å². The van der Waals surface area contributed by atoms with Gasteiger partial charge in [0.2, 0.25) is 5.52 Å². The second-order valence-electron chi connectivity index (χ2n) is 5.47.